The first kappa shape index (κ1) is 16.0. The van der Waals surface area contributed by atoms with Gasteiger partial charge in [0.25, 0.3) is 0 Å². The summed E-state index contributed by atoms with van der Waals surface area (Å²) in [6, 6.07) is 5.55. The largest absolute Gasteiger partial charge is 0.476 e. The number of aromatic nitrogens is 2. The van der Waals surface area contributed by atoms with Crippen LogP contribution in [0.4, 0.5) is 0 Å². The van der Waals surface area contributed by atoms with E-state index < -0.39 is 5.97 Å². The molecule has 0 bridgehead atoms. The average molecular weight is 372 g/mol. The van der Waals surface area contributed by atoms with Crippen molar-refractivity contribution >= 4 is 33.5 Å². The molecule has 0 aliphatic rings. The van der Waals surface area contributed by atoms with Gasteiger partial charge < -0.3 is 5.11 Å². The zero-order valence-corrected chi connectivity index (χ0v) is 14.6. The molecule has 6 heteroatoms. The van der Waals surface area contributed by atoms with Gasteiger partial charge in [-0.25, -0.2) is 9.48 Å². The molecule has 4 nitrogen and oxygen atoms in total. The van der Waals surface area contributed by atoms with Crippen molar-refractivity contribution in [3.05, 3.63) is 44.6 Å². The number of hydrogen-bond acceptors (Lipinski definition) is 2. The summed E-state index contributed by atoms with van der Waals surface area (Å²) in [6.45, 7) is 7.94. The summed E-state index contributed by atoms with van der Waals surface area (Å²) >= 11 is 9.54. The van der Waals surface area contributed by atoms with Crippen molar-refractivity contribution in [3.63, 3.8) is 0 Å². The van der Waals surface area contributed by atoms with Gasteiger partial charge in [0, 0.05) is 10.4 Å². The molecule has 0 aliphatic carbocycles. The van der Waals surface area contributed by atoms with E-state index in [0.29, 0.717) is 9.50 Å². The van der Waals surface area contributed by atoms with Crippen LogP contribution in [0.3, 0.4) is 0 Å². The summed E-state index contributed by atoms with van der Waals surface area (Å²) < 4.78 is 2.14. The molecular weight excluding hydrogens is 356 g/mol. The van der Waals surface area contributed by atoms with Gasteiger partial charge in [0.2, 0.25) is 0 Å². The highest BCUT2D eigenvalue weighted by Gasteiger charge is 2.29. The van der Waals surface area contributed by atoms with Crippen molar-refractivity contribution in [2.24, 2.45) is 0 Å². The third-order valence-corrected chi connectivity index (χ3v) is 4.30. The van der Waals surface area contributed by atoms with Crippen molar-refractivity contribution in [1.29, 1.82) is 0 Å². The molecule has 0 amide bonds. The Morgan fingerprint density at radius 1 is 1.38 bits per heavy atom. The number of carboxylic acids is 1. The Kier molecular flexibility index (Phi) is 4.17. The Morgan fingerprint density at radius 3 is 2.48 bits per heavy atom. The first-order chi connectivity index (χ1) is 9.62. The molecule has 1 aromatic heterocycles. The van der Waals surface area contributed by atoms with Crippen LogP contribution in [0, 0.1) is 6.92 Å². The number of hydrogen-bond donors (Lipinski definition) is 1. The molecule has 1 aromatic carbocycles. The maximum absolute atomic E-state index is 11.3. The zero-order chi connectivity index (χ0) is 15.9. The second-order valence-electron chi connectivity index (χ2n) is 5.91. The number of carbonyl (C=O) groups is 1. The fourth-order valence-electron chi connectivity index (χ4n) is 2.08. The van der Waals surface area contributed by atoms with Crippen LogP contribution in [0.25, 0.3) is 5.69 Å². The zero-order valence-electron chi connectivity index (χ0n) is 12.2. The van der Waals surface area contributed by atoms with Gasteiger partial charge in [0.15, 0.2) is 5.69 Å². The van der Waals surface area contributed by atoms with Gasteiger partial charge in [0.05, 0.1) is 15.9 Å². The predicted molar refractivity (Wildman–Crippen MR) is 86.7 cm³/mol. The van der Waals surface area contributed by atoms with Crippen LogP contribution in [-0.2, 0) is 5.41 Å². The van der Waals surface area contributed by atoms with E-state index in [1.807, 2.05) is 39.8 Å². The fourth-order valence-corrected chi connectivity index (χ4v) is 3.27. The van der Waals surface area contributed by atoms with Gasteiger partial charge in [-0.2, -0.15) is 5.10 Å². The van der Waals surface area contributed by atoms with Crippen LogP contribution >= 0.6 is 27.5 Å². The molecule has 2 rings (SSSR count). The van der Waals surface area contributed by atoms with Gasteiger partial charge >= 0.3 is 5.97 Å². The third-order valence-electron chi connectivity index (χ3n) is 3.14. The molecule has 21 heavy (non-hydrogen) atoms. The molecule has 0 radical (unpaired) electrons. The number of nitrogens with zero attached hydrogens (tertiary/aromatic N) is 2. The van der Waals surface area contributed by atoms with Crippen molar-refractivity contribution in [3.8, 4) is 5.69 Å². The topological polar surface area (TPSA) is 55.1 Å². The Morgan fingerprint density at radius 2 is 2.00 bits per heavy atom. The highest BCUT2D eigenvalue weighted by Crippen LogP contribution is 2.34. The van der Waals surface area contributed by atoms with Crippen LogP contribution in [0.1, 0.15) is 42.5 Å². The van der Waals surface area contributed by atoms with Crippen LogP contribution in [0.5, 0.6) is 0 Å². The molecule has 0 fully saturated rings. The van der Waals surface area contributed by atoms with Gasteiger partial charge in [0.1, 0.15) is 0 Å². The van der Waals surface area contributed by atoms with Crippen LogP contribution < -0.4 is 0 Å². The molecule has 1 N–H and O–H groups in total. The SMILES string of the molecule is Cc1ccc(-n2nc(C(=O)O)c(Br)c2C(C)(C)C)cc1Cl. The van der Waals surface area contributed by atoms with E-state index in [1.54, 1.807) is 10.7 Å². The summed E-state index contributed by atoms with van der Waals surface area (Å²) in [5.74, 6) is -1.07. The second-order valence-corrected chi connectivity index (χ2v) is 7.11. The van der Waals surface area contributed by atoms with Crippen LogP contribution in [0.2, 0.25) is 5.02 Å². The van der Waals surface area contributed by atoms with E-state index >= 15 is 0 Å². The minimum atomic E-state index is -1.07. The molecule has 2 aromatic rings. The first-order valence-electron chi connectivity index (χ1n) is 6.41. The Balaban J connectivity index is 2.75. The lowest BCUT2D eigenvalue weighted by atomic mass is 9.91. The van der Waals surface area contributed by atoms with Gasteiger partial charge in [-0.05, 0) is 40.5 Å². The second kappa shape index (κ2) is 5.46. The standard InChI is InChI=1S/C15H16BrClN2O2/c1-8-5-6-9(7-10(8)17)19-13(15(2,3)4)11(16)12(18-19)14(20)21/h5-7H,1-4H3,(H,20,21). The minimum Gasteiger partial charge on any atom is -0.476 e. The highest BCUT2D eigenvalue weighted by atomic mass is 79.9. The Labute approximate surface area is 136 Å². The summed E-state index contributed by atoms with van der Waals surface area (Å²) in [4.78, 5) is 11.3. The molecule has 0 saturated carbocycles. The number of carboxylic acid groups (broad SMARTS) is 1. The van der Waals surface area contributed by atoms with Crippen molar-refractivity contribution < 1.29 is 9.90 Å². The Bertz CT molecular complexity index is 717. The number of halogens is 2. The Hall–Kier alpha value is -1.33. The van der Waals surface area contributed by atoms with Crippen molar-refractivity contribution in [2.45, 2.75) is 33.1 Å². The van der Waals surface area contributed by atoms with Crippen LogP contribution in [0.15, 0.2) is 22.7 Å². The van der Waals surface area contributed by atoms with E-state index in [0.717, 1.165) is 16.9 Å². The maximum Gasteiger partial charge on any atom is 0.357 e. The summed E-state index contributed by atoms with van der Waals surface area (Å²) in [7, 11) is 0. The number of benzene rings is 1. The number of aryl methyl sites for hydroxylation is 1. The average Bonchev–Trinajstić information content (AvgIpc) is 2.70. The third kappa shape index (κ3) is 2.99. The molecule has 0 spiro atoms. The maximum atomic E-state index is 11.3. The molecule has 0 saturated heterocycles. The van der Waals surface area contributed by atoms with Crippen molar-refractivity contribution in [1.82, 2.24) is 9.78 Å². The van der Waals surface area contributed by atoms with E-state index in [4.69, 9.17) is 11.6 Å². The quantitative estimate of drug-likeness (QED) is 0.840. The molecular formula is C15H16BrClN2O2. The van der Waals surface area contributed by atoms with E-state index in [1.165, 1.54) is 0 Å². The lowest BCUT2D eigenvalue weighted by molar-refractivity contribution is 0.0689. The molecule has 0 aliphatic heterocycles. The van der Waals surface area contributed by atoms with Gasteiger partial charge in [-0.3, -0.25) is 0 Å². The van der Waals surface area contributed by atoms with Crippen LogP contribution in [-0.4, -0.2) is 20.9 Å². The van der Waals surface area contributed by atoms with E-state index in [-0.39, 0.29) is 11.1 Å². The fraction of sp³-hybridized carbons (Fsp3) is 0.333. The van der Waals surface area contributed by atoms with Crippen molar-refractivity contribution in [2.75, 3.05) is 0 Å². The smallest absolute Gasteiger partial charge is 0.357 e. The van der Waals surface area contributed by atoms with Gasteiger partial charge in [-0.15, -0.1) is 0 Å². The van der Waals surface area contributed by atoms with E-state index in [9.17, 15) is 9.90 Å². The number of rotatable bonds is 2. The summed E-state index contributed by atoms with van der Waals surface area (Å²) in [5, 5.41) is 14.1. The molecule has 112 valence electrons. The molecule has 1 heterocycles. The van der Waals surface area contributed by atoms with E-state index in [2.05, 4.69) is 21.0 Å². The molecule has 0 unspecified atom stereocenters. The normalized spacial score (nSPS) is 11.7. The monoisotopic (exact) mass is 370 g/mol. The lowest BCUT2D eigenvalue weighted by Gasteiger charge is -2.21. The van der Waals surface area contributed by atoms with Gasteiger partial charge in [-0.1, -0.05) is 38.4 Å². The minimum absolute atomic E-state index is 0.00313. The highest BCUT2D eigenvalue weighted by molar-refractivity contribution is 9.10. The summed E-state index contributed by atoms with van der Waals surface area (Å²) in [5.41, 5.74) is 2.21. The molecule has 0 atom stereocenters. The lowest BCUT2D eigenvalue weighted by Crippen LogP contribution is -2.18. The predicted octanol–water partition coefficient (Wildman–Crippen LogP) is 4.59. The number of aromatic carboxylic acids is 1. The summed E-state index contributed by atoms with van der Waals surface area (Å²) in [6.07, 6.45) is 0. The first-order valence-corrected chi connectivity index (χ1v) is 7.59.